The summed E-state index contributed by atoms with van der Waals surface area (Å²) in [5.41, 5.74) is 5.73. The summed E-state index contributed by atoms with van der Waals surface area (Å²) >= 11 is 0. The SMILES string of the molecule is CC1=C(/C=C/C(C)=C/C=C/C(C)=C/C(=O)OC2CCC(C(C)(C)C)CC2)C(C)(C)CCC1. The van der Waals surface area contributed by atoms with Gasteiger partial charge in [-0.15, -0.1) is 0 Å². The lowest BCUT2D eigenvalue weighted by Crippen LogP contribution is -2.30. The van der Waals surface area contributed by atoms with Gasteiger partial charge in [0.2, 0.25) is 0 Å². The summed E-state index contributed by atoms with van der Waals surface area (Å²) in [5, 5.41) is 0. The molecule has 0 aliphatic heterocycles. The van der Waals surface area contributed by atoms with Crippen LogP contribution in [-0.2, 0) is 9.53 Å². The van der Waals surface area contributed by atoms with Crippen molar-refractivity contribution in [3.63, 3.8) is 0 Å². The fourth-order valence-electron chi connectivity index (χ4n) is 5.11. The summed E-state index contributed by atoms with van der Waals surface area (Å²) in [7, 11) is 0. The molecule has 0 saturated heterocycles. The van der Waals surface area contributed by atoms with Gasteiger partial charge < -0.3 is 4.74 Å². The van der Waals surface area contributed by atoms with E-state index in [1.165, 1.54) is 36.0 Å². The van der Waals surface area contributed by atoms with E-state index in [9.17, 15) is 4.79 Å². The van der Waals surface area contributed by atoms with Gasteiger partial charge in [-0.3, -0.25) is 0 Å². The molecule has 32 heavy (non-hydrogen) atoms. The fraction of sp³-hybridized carbons (Fsp3) is 0.633. The molecule has 0 amide bonds. The zero-order chi connectivity index (χ0) is 23.9. The monoisotopic (exact) mass is 438 g/mol. The van der Waals surface area contributed by atoms with Crippen molar-refractivity contribution in [1.29, 1.82) is 0 Å². The first-order chi connectivity index (χ1) is 14.9. The van der Waals surface area contributed by atoms with Gasteiger partial charge in [0.05, 0.1) is 0 Å². The average Bonchev–Trinajstić information content (AvgIpc) is 2.66. The van der Waals surface area contributed by atoms with E-state index in [0.717, 1.165) is 37.2 Å². The topological polar surface area (TPSA) is 26.3 Å². The number of carbonyl (C=O) groups excluding carboxylic acids is 1. The van der Waals surface area contributed by atoms with Gasteiger partial charge in [-0.05, 0) is 93.6 Å². The van der Waals surface area contributed by atoms with Gasteiger partial charge in [0.1, 0.15) is 6.10 Å². The van der Waals surface area contributed by atoms with E-state index < -0.39 is 0 Å². The molecule has 0 atom stereocenters. The summed E-state index contributed by atoms with van der Waals surface area (Å²) < 4.78 is 5.70. The highest BCUT2D eigenvalue weighted by atomic mass is 16.5. The Hall–Kier alpha value is -1.83. The first-order valence-electron chi connectivity index (χ1n) is 12.5. The van der Waals surface area contributed by atoms with E-state index in [-0.39, 0.29) is 17.5 Å². The second kappa shape index (κ2) is 11.3. The molecule has 2 aliphatic carbocycles. The minimum absolute atomic E-state index is 0.0724. The Balaban J connectivity index is 1.86. The van der Waals surface area contributed by atoms with Crippen LogP contribution in [0.3, 0.4) is 0 Å². The standard InChI is InChI=1S/C30H46O2/c1-22(14-19-27-24(3)13-10-20-30(27,7)8)11-9-12-23(2)21-28(31)32-26-17-15-25(16-18-26)29(4,5)6/h9,11-12,14,19,21,25-26H,10,13,15-18,20H2,1-8H3/b12-9+,19-14+,22-11+,23-21+. The number of allylic oxidation sites excluding steroid dienone is 9. The molecule has 2 aliphatic rings. The quantitative estimate of drug-likeness (QED) is 0.235. The second-order valence-corrected chi connectivity index (χ2v) is 11.7. The molecule has 2 rings (SSSR count). The zero-order valence-electron chi connectivity index (χ0n) is 21.9. The molecule has 2 nitrogen and oxygen atoms in total. The van der Waals surface area contributed by atoms with Crippen molar-refractivity contribution in [2.45, 2.75) is 106 Å². The van der Waals surface area contributed by atoms with Gasteiger partial charge in [-0.2, -0.15) is 0 Å². The third kappa shape index (κ3) is 8.26. The lowest BCUT2D eigenvalue weighted by atomic mass is 9.72. The molecule has 1 saturated carbocycles. The van der Waals surface area contributed by atoms with E-state index in [4.69, 9.17) is 4.74 Å². The Bertz CT molecular complexity index is 800. The van der Waals surface area contributed by atoms with Crippen LogP contribution < -0.4 is 0 Å². The minimum Gasteiger partial charge on any atom is -0.459 e. The smallest absolute Gasteiger partial charge is 0.331 e. The number of hydrogen-bond acceptors (Lipinski definition) is 2. The molecular weight excluding hydrogens is 392 g/mol. The average molecular weight is 439 g/mol. The van der Waals surface area contributed by atoms with Gasteiger partial charge in [-0.25, -0.2) is 4.79 Å². The number of ether oxygens (including phenoxy) is 1. The van der Waals surface area contributed by atoms with Crippen molar-refractivity contribution >= 4 is 5.97 Å². The van der Waals surface area contributed by atoms with Crippen molar-refractivity contribution in [2.75, 3.05) is 0 Å². The highest BCUT2D eigenvalue weighted by Gasteiger charge is 2.31. The van der Waals surface area contributed by atoms with Crippen LogP contribution in [0.5, 0.6) is 0 Å². The van der Waals surface area contributed by atoms with E-state index in [0.29, 0.717) is 5.41 Å². The molecule has 0 aromatic rings. The van der Waals surface area contributed by atoms with Crippen LogP contribution in [0.15, 0.2) is 58.7 Å². The molecule has 0 aromatic carbocycles. The Morgan fingerprint density at radius 2 is 1.69 bits per heavy atom. The summed E-state index contributed by atoms with van der Waals surface area (Å²) in [5.74, 6) is 0.514. The Kier molecular flexibility index (Phi) is 9.37. The van der Waals surface area contributed by atoms with Crippen molar-refractivity contribution < 1.29 is 9.53 Å². The molecule has 178 valence electrons. The Morgan fingerprint density at radius 3 is 2.28 bits per heavy atom. The Labute approximate surface area is 197 Å². The van der Waals surface area contributed by atoms with Gasteiger partial charge in [0.25, 0.3) is 0 Å². The van der Waals surface area contributed by atoms with Crippen molar-refractivity contribution in [3.05, 3.63) is 58.7 Å². The van der Waals surface area contributed by atoms with Crippen LogP contribution >= 0.6 is 0 Å². The third-order valence-electron chi connectivity index (χ3n) is 7.30. The van der Waals surface area contributed by atoms with E-state index in [1.54, 1.807) is 6.08 Å². The molecule has 0 spiro atoms. The normalized spacial score (nSPS) is 25.6. The molecule has 0 N–H and O–H groups in total. The molecule has 2 heteroatoms. The largest absolute Gasteiger partial charge is 0.459 e. The van der Waals surface area contributed by atoms with Crippen molar-refractivity contribution in [3.8, 4) is 0 Å². The molecule has 0 radical (unpaired) electrons. The van der Waals surface area contributed by atoms with Crippen LogP contribution in [0.1, 0.15) is 100 Å². The predicted octanol–water partition coefficient (Wildman–Crippen LogP) is 8.67. The van der Waals surface area contributed by atoms with Gasteiger partial charge in [0, 0.05) is 6.08 Å². The summed E-state index contributed by atoms with van der Waals surface area (Å²) in [6, 6.07) is 0. The van der Waals surface area contributed by atoms with Crippen LogP contribution in [0.4, 0.5) is 0 Å². The van der Waals surface area contributed by atoms with Crippen LogP contribution in [0, 0.1) is 16.7 Å². The third-order valence-corrected chi connectivity index (χ3v) is 7.30. The summed E-state index contributed by atoms with van der Waals surface area (Å²) in [6.07, 6.45) is 20.3. The van der Waals surface area contributed by atoms with Crippen molar-refractivity contribution in [2.24, 2.45) is 16.7 Å². The minimum atomic E-state index is -0.214. The first kappa shape index (κ1) is 26.4. The van der Waals surface area contributed by atoms with E-state index >= 15 is 0 Å². The van der Waals surface area contributed by atoms with E-state index in [1.807, 2.05) is 19.1 Å². The van der Waals surface area contributed by atoms with Crippen LogP contribution in [0.2, 0.25) is 0 Å². The summed E-state index contributed by atoms with van der Waals surface area (Å²) in [6.45, 7) is 18.0. The highest BCUT2D eigenvalue weighted by molar-refractivity contribution is 5.83. The molecule has 0 aromatic heterocycles. The van der Waals surface area contributed by atoms with Gasteiger partial charge in [0.15, 0.2) is 0 Å². The number of hydrogen-bond donors (Lipinski definition) is 0. The van der Waals surface area contributed by atoms with E-state index in [2.05, 4.69) is 66.7 Å². The number of carbonyl (C=O) groups is 1. The fourth-order valence-corrected chi connectivity index (χ4v) is 5.11. The molecule has 0 heterocycles. The maximum absolute atomic E-state index is 12.3. The van der Waals surface area contributed by atoms with Gasteiger partial charge >= 0.3 is 5.97 Å². The predicted molar refractivity (Wildman–Crippen MR) is 137 cm³/mol. The zero-order valence-corrected chi connectivity index (χ0v) is 21.9. The van der Waals surface area contributed by atoms with Gasteiger partial charge in [-0.1, -0.05) is 76.1 Å². The summed E-state index contributed by atoms with van der Waals surface area (Å²) in [4.78, 5) is 12.3. The van der Waals surface area contributed by atoms with Crippen LogP contribution in [-0.4, -0.2) is 12.1 Å². The molecule has 0 bridgehead atoms. The lowest BCUT2D eigenvalue weighted by molar-refractivity contribution is -0.145. The number of rotatable bonds is 6. The maximum Gasteiger partial charge on any atom is 0.331 e. The second-order valence-electron chi connectivity index (χ2n) is 11.7. The highest BCUT2D eigenvalue weighted by Crippen LogP contribution is 2.41. The van der Waals surface area contributed by atoms with Crippen LogP contribution in [0.25, 0.3) is 0 Å². The first-order valence-corrected chi connectivity index (χ1v) is 12.5. The molecule has 1 fully saturated rings. The van der Waals surface area contributed by atoms with Crippen molar-refractivity contribution in [1.82, 2.24) is 0 Å². The molecular formula is C30H46O2. The molecule has 0 unspecified atom stereocenters. The number of esters is 1. The Morgan fingerprint density at radius 1 is 1.03 bits per heavy atom. The lowest BCUT2D eigenvalue weighted by Gasteiger charge is -2.36. The maximum atomic E-state index is 12.3.